The van der Waals surface area contributed by atoms with Crippen LogP contribution in [0.15, 0.2) is 48.0 Å². The summed E-state index contributed by atoms with van der Waals surface area (Å²) in [7, 11) is 2.02. The number of hydrogen-bond acceptors (Lipinski definition) is 9. The van der Waals surface area contributed by atoms with E-state index in [1.165, 1.54) is 11.3 Å². The van der Waals surface area contributed by atoms with Gasteiger partial charge in [0.2, 0.25) is 0 Å². The van der Waals surface area contributed by atoms with Crippen LogP contribution < -0.4 is 15.4 Å². The summed E-state index contributed by atoms with van der Waals surface area (Å²) < 4.78 is 11.1. The quantitative estimate of drug-likeness (QED) is 0.395. The topological polar surface area (TPSA) is 126 Å². The molecule has 2 aromatic heterocycles. The van der Waals surface area contributed by atoms with Crippen LogP contribution in [0.2, 0.25) is 0 Å². The average molecular weight is 567 g/mol. The van der Waals surface area contributed by atoms with Crippen molar-refractivity contribution in [3.63, 3.8) is 0 Å². The predicted octanol–water partition coefficient (Wildman–Crippen LogP) is 3.75. The number of piperazine rings is 1. The minimum absolute atomic E-state index is 0.117. The number of likely N-dealkylation sites (N-methyl/N-ethyl adjacent to an activating group) is 1. The van der Waals surface area contributed by atoms with Crippen LogP contribution in [0.5, 0.6) is 5.75 Å². The highest BCUT2D eigenvalue weighted by atomic mass is 32.1. The molecular formula is C28H34N6O5S. The van der Waals surface area contributed by atoms with Gasteiger partial charge in [0, 0.05) is 48.9 Å². The Morgan fingerprint density at radius 2 is 1.77 bits per heavy atom. The molecule has 1 aromatic carbocycles. The molecular weight excluding hydrogens is 532 g/mol. The first-order valence-corrected chi connectivity index (χ1v) is 13.9. The number of hydrogen-bond donors (Lipinski definition) is 2. The Morgan fingerprint density at radius 1 is 1.02 bits per heavy atom. The van der Waals surface area contributed by atoms with Crippen molar-refractivity contribution in [1.82, 2.24) is 25.1 Å². The highest BCUT2D eigenvalue weighted by Crippen LogP contribution is 2.25. The third-order valence-electron chi connectivity index (χ3n) is 5.90. The zero-order chi connectivity index (χ0) is 28.7. The summed E-state index contributed by atoms with van der Waals surface area (Å²) in [5.74, 6) is -0.262. The van der Waals surface area contributed by atoms with Gasteiger partial charge < -0.3 is 24.6 Å². The van der Waals surface area contributed by atoms with Crippen LogP contribution in [0.3, 0.4) is 0 Å². The molecule has 2 N–H and O–H groups in total. The van der Waals surface area contributed by atoms with Gasteiger partial charge in [-0.05, 0) is 58.2 Å². The SMILES string of the molecule is CN1CCN(C(=O)c2cc(OCCNC(=O)OC(C)(C)C)cc(C(=O)Nc3nc(-c4ccccn4)cs3)c2)CC1. The second-order valence-electron chi connectivity index (χ2n) is 10.3. The third-order valence-corrected chi connectivity index (χ3v) is 6.65. The number of ether oxygens (including phenoxy) is 2. The number of amides is 3. The largest absolute Gasteiger partial charge is 0.492 e. The molecule has 0 radical (unpaired) electrons. The second kappa shape index (κ2) is 12.9. The van der Waals surface area contributed by atoms with Crippen molar-refractivity contribution in [2.45, 2.75) is 26.4 Å². The van der Waals surface area contributed by atoms with Gasteiger partial charge in [-0.1, -0.05) is 6.07 Å². The van der Waals surface area contributed by atoms with Gasteiger partial charge >= 0.3 is 6.09 Å². The van der Waals surface area contributed by atoms with Crippen molar-refractivity contribution >= 4 is 34.4 Å². The maximum Gasteiger partial charge on any atom is 0.407 e. The normalized spacial score (nSPS) is 13.9. The molecule has 11 nitrogen and oxygen atoms in total. The number of benzene rings is 1. The van der Waals surface area contributed by atoms with Gasteiger partial charge in [0.1, 0.15) is 23.7 Å². The Bertz CT molecular complexity index is 1330. The number of carbonyl (C=O) groups is 3. The summed E-state index contributed by atoms with van der Waals surface area (Å²) in [6.07, 6.45) is 1.13. The van der Waals surface area contributed by atoms with E-state index in [2.05, 4.69) is 25.5 Å². The van der Waals surface area contributed by atoms with E-state index >= 15 is 0 Å². The van der Waals surface area contributed by atoms with Crippen LogP contribution in [0.25, 0.3) is 11.4 Å². The number of thiazole rings is 1. The summed E-state index contributed by atoms with van der Waals surface area (Å²) in [5.41, 5.74) is 1.35. The number of aromatic nitrogens is 2. The van der Waals surface area contributed by atoms with Crippen molar-refractivity contribution in [3.8, 4) is 17.1 Å². The lowest BCUT2D eigenvalue weighted by molar-refractivity contribution is 0.0520. The van der Waals surface area contributed by atoms with E-state index in [0.29, 0.717) is 40.9 Å². The fraction of sp³-hybridized carbons (Fsp3) is 0.393. The summed E-state index contributed by atoms with van der Waals surface area (Å²) in [4.78, 5) is 51.2. The van der Waals surface area contributed by atoms with Gasteiger partial charge in [-0.3, -0.25) is 19.9 Å². The van der Waals surface area contributed by atoms with Gasteiger partial charge in [0.25, 0.3) is 11.8 Å². The first-order valence-electron chi connectivity index (χ1n) is 13.0. The molecule has 3 aromatic rings. The molecule has 0 aliphatic carbocycles. The number of alkyl carbamates (subject to hydrolysis) is 1. The van der Waals surface area contributed by atoms with Gasteiger partial charge in [-0.25, -0.2) is 9.78 Å². The lowest BCUT2D eigenvalue weighted by Crippen LogP contribution is -2.47. The molecule has 40 heavy (non-hydrogen) atoms. The summed E-state index contributed by atoms with van der Waals surface area (Å²) in [6.45, 7) is 8.38. The molecule has 0 atom stereocenters. The number of carbonyl (C=O) groups excluding carboxylic acids is 3. The summed E-state index contributed by atoms with van der Waals surface area (Å²) in [6, 6.07) is 10.3. The van der Waals surface area contributed by atoms with Gasteiger partial charge in [-0.2, -0.15) is 0 Å². The van der Waals surface area contributed by atoms with E-state index in [4.69, 9.17) is 9.47 Å². The molecule has 1 aliphatic heterocycles. The Morgan fingerprint density at radius 3 is 2.48 bits per heavy atom. The Balaban J connectivity index is 1.48. The third kappa shape index (κ3) is 8.23. The smallest absolute Gasteiger partial charge is 0.407 e. The average Bonchev–Trinajstić information content (AvgIpc) is 3.39. The molecule has 0 spiro atoms. The first kappa shape index (κ1) is 29.0. The Hall–Kier alpha value is -4.03. The molecule has 12 heteroatoms. The van der Waals surface area contributed by atoms with Crippen LogP contribution >= 0.6 is 11.3 Å². The second-order valence-corrected chi connectivity index (χ2v) is 11.2. The van der Waals surface area contributed by atoms with Crippen molar-refractivity contribution in [3.05, 3.63) is 59.1 Å². The molecule has 3 heterocycles. The van der Waals surface area contributed by atoms with Crippen LogP contribution in [-0.4, -0.2) is 89.7 Å². The molecule has 0 saturated carbocycles. The van der Waals surface area contributed by atoms with Gasteiger partial charge in [0.15, 0.2) is 5.13 Å². The van der Waals surface area contributed by atoms with Gasteiger partial charge in [-0.15, -0.1) is 11.3 Å². The number of nitrogens with one attached hydrogen (secondary N) is 2. The molecule has 1 fully saturated rings. The lowest BCUT2D eigenvalue weighted by atomic mass is 10.1. The number of pyridine rings is 1. The fourth-order valence-corrected chi connectivity index (χ4v) is 4.60. The number of rotatable bonds is 8. The maximum atomic E-state index is 13.3. The molecule has 0 unspecified atom stereocenters. The van der Waals surface area contributed by atoms with E-state index in [1.54, 1.807) is 50.1 Å². The van der Waals surface area contributed by atoms with Crippen LogP contribution in [0.1, 0.15) is 41.5 Å². The van der Waals surface area contributed by atoms with Crippen molar-refractivity contribution in [2.24, 2.45) is 0 Å². The molecule has 1 aliphatic rings. The molecule has 212 valence electrons. The first-order chi connectivity index (χ1) is 19.1. The van der Waals surface area contributed by atoms with Crippen molar-refractivity contribution < 1.29 is 23.9 Å². The van der Waals surface area contributed by atoms with Crippen molar-refractivity contribution in [2.75, 3.05) is 51.7 Å². The van der Waals surface area contributed by atoms with Gasteiger partial charge in [0.05, 0.1) is 12.2 Å². The molecule has 1 saturated heterocycles. The maximum absolute atomic E-state index is 13.3. The zero-order valence-electron chi connectivity index (χ0n) is 23.1. The molecule has 4 rings (SSSR count). The van der Waals surface area contributed by atoms with Crippen LogP contribution in [-0.2, 0) is 4.74 Å². The van der Waals surface area contributed by atoms with E-state index in [0.717, 1.165) is 13.1 Å². The Kier molecular flexibility index (Phi) is 9.33. The van der Waals surface area contributed by atoms with Crippen LogP contribution in [0.4, 0.5) is 9.93 Å². The van der Waals surface area contributed by atoms with E-state index in [-0.39, 0.29) is 24.6 Å². The summed E-state index contributed by atoms with van der Waals surface area (Å²) in [5, 5.41) is 7.67. The minimum Gasteiger partial charge on any atom is -0.492 e. The van der Waals surface area contributed by atoms with Crippen LogP contribution in [0, 0.1) is 0 Å². The van der Waals surface area contributed by atoms with Crippen molar-refractivity contribution in [1.29, 1.82) is 0 Å². The van der Waals surface area contributed by atoms with E-state index in [1.807, 2.05) is 30.6 Å². The highest BCUT2D eigenvalue weighted by Gasteiger charge is 2.23. The number of anilines is 1. The summed E-state index contributed by atoms with van der Waals surface area (Å²) >= 11 is 1.28. The minimum atomic E-state index is -0.610. The molecule has 0 bridgehead atoms. The number of nitrogens with zero attached hydrogens (tertiary/aromatic N) is 4. The highest BCUT2D eigenvalue weighted by molar-refractivity contribution is 7.14. The zero-order valence-corrected chi connectivity index (χ0v) is 23.9. The lowest BCUT2D eigenvalue weighted by Gasteiger charge is -2.32. The molecule has 3 amide bonds. The Labute approximate surface area is 237 Å². The standard InChI is InChI=1S/C28H34N6O5S/c1-28(2,3)39-27(37)30-9-14-38-21-16-19(15-20(17-21)25(36)34-12-10-33(4)11-13-34)24(35)32-26-31-23(18-40-26)22-7-5-6-8-29-22/h5-8,15-18H,9-14H2,1-4H3,(H,30,37)(H,31,32,35). The fourth-order valence-electron chi connectivity index (χ4n) is 3.90. The predicted molar refractivity (Wildman–Crippen MR) is 153 cm³/mol. The van der Waals surface area contributed by atoms with E-state index < -0.39 is 17.6 Å². The monoisotopic (exact) mass is 566 g/mol. The van der Waals surface area contributed by atoms with E-state index in [9.17, 15) is 14.4 Å².